The molecule has 0 saturated heterocycles. The molecule has 0 N–H and O–H groups in total. The van der Waals surface area contributed by atoms with Crippen LogP contribution in [0.2, 0.25) is 0 Å². The lowest BCUT2D eigenvalue weighted by atomic mass is 9.69. The monoisotopic (exact) mass is 280 g/mol. The van der Waals surface area contributed by atoms with Crippen LogP contribution in [0.1, 0.15) is 84.0 Å². The SMILES string of the molecule is CCCCC[C@H]1CC[C@H]([C@H]2CC[C@H](COC)CC2)CC1. The van der Waals surface area contributed by atoms with E-state index in [1.807, 2.05) is 7.11 Å². The molecule has 20 heavy (non-hydrogen) atoms. The van der Waals surface area contributed by atoms with E-state index in [0.29, 0.717) is 0 Å². The van der Waals surface area contributed by atoms with Crippen molar-refractivity contribution in [2.75, 3.05) is 13.7 Å². The second-order valence-electron chi connectivity index (χ2n) is 7.51. The van der Waals surface area contributed by atoms with Gasteiger partial charge in [-0.3, -0.25) is 0 Å². The lowest BCUT2D eigenvalue weighted by Gasteiger charge is -2.37. The maximum Gasteiger partial charge on any atom is 0.0490 e. The normalized spacial score (nSPS) is 35.1. The zero-order valence-corrected chi connectivity index (χ0v) is 13.9. The number of unbranched alkanes of at least 4 members (excludes halogenated alkanes) is 2. The van der Waals surface area contributed by atoms with Crippen LogP contribution in [0.3, 0.4) is 0 Å². The third kappa shape index (κ3) is 5.06. The average molecular weight is 280 g/mol. The molecule has 2 aliphatic carbocycles. The summed E-state index contributed by atoms with van der Waals surface area (Å²) in [6.45, 7) is 3.31. The van der Waals surface area contributed by atoms with Crippen LogP contribution in [0.4, 0.5) is 0 Å². The molecule has 0 aromatic rings. The van der Waals surface area contributed by atoms with Crippen LogP contribution < -0.4 is 0 Å². The lowest BCUT2D eigenvalue weighted by Crippen LogP contribution is -2.27. The Morgan fingerprint density at radius 1 is 0.750 bits per heavy atom. The third-order valence-corrected chi connectivity index (χ3v) is 6.07. The highest BCUT2D eigenvalue weighted by Gasteiger charge is 2.30. The first kappa shape index (κ1) is 16.3. The third-order valence-electron chi connectivity index (χ3n) is 6.07. The molecule has 0 aromatic heterocycles. The van der Waals surface area contributed by atoms with Crippen LogP contribution in [0.25, 0.3) is 0 Å². The van der Waals surface area contributed by atoms with Crippen molar-refractivity contribution in [3.8, 4) is 0 Å². The summed E-state index contributed by atoms with van der Waals surface area (Å²) in [6.07, 6.45) is 17.8. The molecule has 0 heterocycles. The van der Waals surface area contributed by atoms with Crippen LogP contribution >= 0.6 is 0 Å². The second kappa shape index (κ2) is 9.07. The van der Waals surface area contributed by atoms with Crippen molar-refractivity contribution in [1.82, 2.24) is 0 Å². The smallest absolute Gasteiger partial charge is 0.0490 e. The van der Waals surface area contributed by atoms with Crippen molar-refractivity contribution in [2.24, 2.45) is 23.7 Å². The van der Waals surface area contributed by atoms with Gasteiger partial charge in [0.15, 0.2) is 0 Å². The Morgan fingerprint density at radius 2 is 1.30 bits per heavy atom. The van der Waals surface area contributed by atoms with Gasteiger partial charge in [0.25, 0.3) is 0 Å². The first-order chi connectivity index (χ1) is 9.83. The molecule has 0 bridgehead atoms. The summed E-state index contributed by atoms with van der Waals surface area (Å²) in [4.78, 5) is 0. The number of hydrogen-bond donors (Lipinski definition) is 0. The summed E-state index contributed by atoms with van der Waals surface area (Å²) in [6, 6.07) is 0. The zero-order chi connectivity index (χ0) is 14.2. The van der Waals surface area contributed by atoms with Crippen molar-refractivity contribution >= 4 is 0 Å². The first-order valence-corrected chi connectivity index (χ1v) is 9.32. The zero-order valence-electron chi connectivity index (χ0n) is 13.9. The van der Waals surface area contributed by atoms with Gasteiger partial charge in [-0.2, -0.15) is 0 Å². The van der Waals surface area contributed by atoms with Crippen molar-refractivity contribution in [1.29, 1.82) is 0 Å². The van der Waals surface area contributed by atoms with Gasteiger partial charge in [-0.15, -0.1) is 0 Å². The van der Waals surface area contributed by atoms with Crippen LogP contribution in [-0.4, -0.2) is 13.7 Å². The number of rotatable bonds is 7. The summed E-state index contributed by atoms with van der Waals surface area (Å²) in [5.74, 6) is 4.06. The van der Waals surface area contributed by atoms with Gasteiger partial charge in [-0.05, 0) is 62.2 Å². The standard InChI is InChI=1S/C19H36O/c1-3-4-5-6-16-7-11-18(12-8-16)19-13-9-17(10-14-19)15-20-2/h16-19H,3-15H2,1-2H3/t16-,17-,18-,19-. The molecule has 0 aliphatic heterocycles. The van der Waals surface area contributed by atoms with E-state index in [2.05, 4.69) is 6.92 Å². The van der Waals surface area contributed by atoms with Crippen molar-refractivity contribution in [3.63, 3.8) is 0 Å². The molecule has 2 saturated carbocycles. The van der Waals surface area contributed by atoms with E-state index in [1.54, 1.807) is 0 Å². The number of methoxy groups -OCH3 is 1. The molecule has 1 nitrogen and oxygen atoms in total. The minimum atomic E-state index is 0.863. The average Bonchev–Trinajstić information content (AvgIpc) is 2.49. The molecule has 0 atom stereocenters. The molecule has 0 amide bonds. The molecule has 2 aliphatic rings. The Bertz CT molecular complexity index is 234. The van der Waals surface area contributed by atoms with Gasteiger partial charge in [0.2, 0.25) is 0 Å². The number of ether oxygens (including phenoxy) is 1. The topological polar surface area (TPSA) is 9.23 Å². The summed E-state index contributed by atoms with van der Waals surface area (Å²) in [5.41, 5.74) is 0. The Hall–Kier alpha value is -0.0400. The molecule has 118 valence electrons. The predicted octanol–water partition coefficient (Wildman–Crippen LogP) is 5.83. The number of hydrogen-bond acceptors (Lipinski definition) is 1. The molecule has 0 radical (unpaired) electrons. The molecular formula is C19H36O. The van der Waals surface area contributed by atoms with Gasteiger partial charge < -0.3 is 4.74 Å². The summed E-state index contributed by atoms with van der Waals surface area (Å²) in [5, 5.41) is 0. The maximum absolute atomic E-state index is 5.32. The molecule has 1 heteroatoms. The highest BCUT2D eigenvalue weighted by atomic mass is 16.5. The predicted molar refractivity (Wildman–Crippen MR) is 86.9 cm³/mol. The fourth-order valence-corrected chi connectivity index (χ4v) is 4.69. The molecule has 0 unspecified atom stereocenters. The van der Waals surface area contributed by atoms with E-state index < -0.39 is 0 Å². The van der Waals surface area contributed by atoms with Crippen LogP contribution in [0.5, 0.6) is 0 Å². The quantitative estimate of drug-likeness (QED) is 0.533. The second-order valence-corrected chi connectivity index (χ2v) is 7.51. The highest BCUT2D eigenvalue weighted by molar-refractivity contribution is 4.82. The van der Waals surface area contributed by atoms with E-state index in [1.165, 1.54) is 77.0 Å². The van der Waals surface area contributed by atoms with E-state index in [9.17, 15) is 0 Å². The van der Waals surface area contributed by atoms with E-state index >= 15 is 0 Å². The van der Waals surface area contributed by atoms with Gasteiger partial charge in [0, 0.05) is 13.7 Å². The Kier molecular flexibility index (Phi) is 7.41. The molecule has 0 spiro atoms. The van der Waals surface area contributed by atoms with Crippen molar-refractivity contribution in [3.05, 3.63) is 0 Å². The van der Waals surface area contributed by atoms with Crippen LogP contribution in [0.15, 0.2) is 0 Å². The Morgan fingerprint density at radius 3 is 1.80 bits per heavy atom. The van der Waals surface area contributed by atoms with Crippen molar-refractivity contribution in [2.45, 2.75) is 84.0 Å². The first-order valence-electron chi connectivity index (χ1n) is 9.32. The summed E-state index contributed by atoms with van der Waals surface area (Å²) < 4.78 is 5.32. The van der Waals surface area contributed by atoms with Crippen LogP contribution in [0, 0.1) is 23.7 Å². The fraction of sp³-hybridized carbons (Fsp3) is 1.00. The van der Waals surface area contributed by atoms with Gasteiger partial charge in [0.1, 0.15) is 0 Å². The minimum Gasteiger partial charge on any atom is -0.384 e. The maximum atomic E-state index is 5.32. The highest BCUT2D eigenvalue weighted by Crippen LogP contribution is 2.42. The summed E-state index contributed by atoms with van der Waals surface area (Å²) in [7, 11) is 1.85. The lowest BCUT2D eigenvalue weighted by molar-refractivity contribution is 0.0925. The molecule has 0 aromatic carbocycles. The van der Waals surface area contributed by atoms with Gasteiger partial charge in [-0.1, -0.05) is 45.4 Å². The van der Waals surface area contributed by atoms with E-state index in [4.69, 9.17) is 4.74 Å². The van der Waals surface area contributed by atoms with E-state index in [-0.39, 0.29) is 0 Å². The van der Waals surface area contributed by atoms with E-state index in [0.717, 1.165) is 30.3 Å². The summed E-state index contributed by atoms with van der Waals surface area (Å²) >= 11 is 0. The molecule has 2 rings (SSSR count). The van der Waals surface area contributed by atoms with Gasteiger partial charge in [-0.25, -0.2) is 0 Å². The largest absolute Gasteiger partial charge is 0.384 e. The van der Waals surface area contributed by atoms with Gasteiger partial charge in [0.05, 0.1) is 0 Å². The molecule has 2 fully saturated rings. The van der Waals surface area contributed by atoms with Gasteiger partial charge >= 0.3 is 0 Å². The Labute approximate surface area is 126 Å². The fourth-order valence-electron chi connectivity index (χ4n) is 4.69. The minimum absolute atomic E-state index is 0.863. The molecular weight excluding hydrogens is 244 g/mol. The van der Waals surface area contributed by atoms with Crippen molar-refractivity contribution < 1.29 is 4.74 Å². The Balaban J connectivity index is 1.62. The van der Waals surface area contributed by atoms with Crippen LogP contribution in [-0.2, 0) is 4.74 Å².